The van der Waals surface area contributed by atoms with Gasteiger partial charge in [0.05, 0.1) is 11.9 Å². The maximum Gasteiger partial charge on any atom is 0.328 e. The van der Waals surface area contributed by atoms with Gasteiger partial charge in [0, 0.05) is 27.2 Å². The normalized spacial score (nSPS) is 10.8. The average molecular weight is 196 g/mol. The van der Waals surface area contributed by atoms with Gasteiger partial charge in [0.25, 0.3) is 5.56 Å². The summed E-state index contributed by atoms with van der Waals surface area (Å²) in [4.78, 5) is 24.2. The van der Waals surface area contributed by atoms with Crippen LogP contribution in [0.5, 0.6) is 0 Å². The van der Waals surface area contributed by atoms with Crippen LogP contribution < -0.4 is 11.2 Å². The fraction of sp³-hybridized carbons (Fsp3) is 0.375. The van der Waals surface area contributed by atoms with Crippen LogP contribution >= 0.6 is 0 Å². The number of aromatic nitrogens is 2. The second-order valence-electron chi connectivity index (χ2n) is 3.01. The van der Waals surface area contributed by atoms with E-state index in [1.165, 1.54) is 16.8 Å². The molecule has 0 unspecified atom stereocenters. The second-order valence-corrected chi connectivity index (χ2v) is 3.01. The fourth-order valence-electron chi connectivity index (χ4n) is 0.872. The van der Waals surface area contributed by atoms with Crippen LogP contribution in [0.25, 0.3) is 0 Å². The molecule has 0 fully saturated rings. The Labute approximate surface area is 80.5 Å². The maximum absolute atomic E-state index is 11.1. The van der Waals surface area contributed by atoms with Gasteiger partial charge in [-0.1, -0.05) is 0 Å². The van der Waals surface area contributed by atoms with E-state index in [-0.39, 0.29) is 0 Å². The highest BCUT2D eigenvalue weighted by molar-refractivity contribution is 5.76. The molecule has 14 heavy (non-hydrogen) atoms. The number of hydrogen-bond acceptors (Lipinski definition) is 4. The van der Waals surface area contributed by atoms with Gasteiger partial charge in [-0.25, -0.2) is 4.79 Å². The van der Waals surface area contributed by atoms with Gasteiger partial charge in [-0.15, -0.1) is 0 Å². The van der Waals surface area contributed by atoms with Crippen molar-refractivity contribution in [3.63, 3.8) is 0 Å². The first-order valence-corrected chi connectivity index (χ1v) is 4.02. The monoisotopic (exact) mass is 196 g/mol. The molecule has 0 spiro atoms. The standard InChI is InChI=1S/C8H12N4O2/c1-11(2)9-5-6-4-7(13)10-8(14)12(6)3/h4-5H,1-3H3,(H,10,13,14). The van der Waals surface area contributed by atoms with Crippen molar-refractivity contribution in [2.45, 2.75) is 0 Å². The smallest absolute Gasteiger partial charge is 0.303 e. The predicted molar refractivity (Wildman–Crippen MR) is 53.6 cm³/mol. The van der Waals surface area contributed by atoms with E-state index in [9.17, 15) is 9.59 Å². The third kappa shape index (κ3) is 2.32. The van der Waals surface area contributed by atoms with Crippen molar-refractivity contribution in [2.75, 3.05) is 14.1 Å². The summed E-state index contributed by atoms with van der Waals surface area (Å²) in [7, 11) is 5.07. The quantitative estimate of drug-likeness (QED) is 0.485. The molecule has 0 aromatic carbocycles. The lowest BCUT2D eigenvalue weighted by atomic mass is 10.4. The summed E-state index contributed by atoms with van der Waals surface area (Å²) < 4.78 is 1.31. The van der Waals surface area contributed by atoms with Crippen LogP contribution in [-0.4, -0.2) is 34.9 Å². The van der Waals surface area contributed by atoms with E-state index in [4.69, 9.17) is 0 Å². The first kappa shape index (κ1) is 10.2. The Morgan fingerprint density at radius 3 is 2.71 bits per heavy atom. The summed E-state index contributed by atoms with van der Waals surface area (Å²) in [5, 5.41) is 5.51. The van der Waals surface area contributed by atoms with E-state index in [1.807, 2.05) is 0 Å². The molecular weight excluding hydrogens is 184 g/mol. The zero-order valence-corrected chi connectivity index (χ0v) is 8.31. The topological polar surface area (TPSA) is 70.5 Å². The summed E-state index contributed by atoms with van der Waals surface area (Å²) in [5.41, 5.74) is -0.404. The Morgan fingerprint density at radius 2 is 2.14 bits per heavy atom. The van der Waals surface area contributed by atoms with Crippen LogP contribution in [0.2, 0.25) is 0 Å². The largest absolute Gasteiger partial charge is 0.328 e. The molecule has 0 atom stereocenters. The third-order valence-corrected chi connectivity index (χ3v) is 1.62. The molecule has 0 radical (unpaired) electrons. The van der Waals surface area contributed by atoms with Crippen LogP contribution in [0.15, 0.2) is 20.8 Å². The fourth-order valence-corrected chi connectivity index (χ4v) is 0.872. The summed E-state index contributed by atoms with van der Waals surface area (Å²) in [6, 6.07) is 1.31. The zero-order valence-electron chi connectivity index (χ0n) is 8.31. The van der Waals surface area contributed by atoms with Crippen molar-refractivity contribution in [1.82, 2.24) is 14.6 Å². The molecule has 76 valence electrons. The zero-order chi connectivity index (χ0) is 10.7. The summed E-state index contributed by atoms with van der Waals surface area (Å²) in [6.45, 7) is 0. The molecule has 1 aromatic heterocycles. The van der Waals surface area contributed by atoms with Crippen molar-refractivity contribution in [3.8, 4) is 0 Å². The second kappa shape index (κ2) is 3.91. The Bertz CT molecular complexity index is 455. The molecule has 0 saturated carbocycles. The molecule has 0 bridgehead atoms. The molecule has 0 amide bonds. The molecule has 6 heteroatoms. The van der Waals surface area contributed by atoms with Crippen molar-refractivity contribution in [3.05, 3.63) is 32.6 Å². The van der Waals surface area contributed by atoms with Gasteiger partial charge in [0.15, 0.2) is 0 Å². The molecule has 6 nitrogen and oxygen atoms in total. The molecule has 0 saturated heterocycles. The number of H-pyrrole nitrogens is 1. The first-order chi connectivity index (χ1) is 6.50. The maximum atomic E-state index is 11.1. The average Bonchev–Trinajstić information content (AvgIpc) is 2.08. The molecule has 0 aliphatic heterocycles. The van der Waals surface area contributed by atoms with Gasteiger partial charge >= 0.3 is 5.69 Å². The molecular formula is C8H12N4O2. The summed E-state index contributed by atoms with van der Waals surface area (Å²) in [5.74, 6) is 0. The van der Waals surface area contributed by atoms with Gasteiger partial charge in [0.1, 0.15) is 0 Å². The van der Waals surface area contributed by atoms with Crippen LogP contribution in [0.4, 0.5) is 0 Å². The van der Waals surface area contributed by atoms with E-state index in [0.717, 1.165) is 0 Å². The highest BCUT2D eigenvalue weighted by atomic mass is 16.2. The number of nitrogens with one attached hydrogen (secondary N) is 1. The Balaban J connectivity index is 3.22. The first-order valence-electron chi connectivity index (χ1n) is 4.02. The van der Waals surface area contributed by atoms with Gasteiger partial charge in [-0.3, -0.25) is 14.3 Å². The summed E-state index contributed by atoms with van der Waals surface area (Å²) in [6.07, 6.45) is 1.45. The van der Waals surface area contributed by atoms with Crippen LogP contribution in [0.1, 0.15) is 5.69 Å². The minimum atomic E-state index is -0.447. The Hall–Kier alpha value is -1.85. The molecule has 1 N–H and O–H groups in total. The number of hydrogen-bond donors (Lipinski definition) is 1. The van der Waals surface area contributed by atoms with E-state index >= 15 is 0 Å². The van der Waals surface area contributed by atoms with Gasteiger partial charge in [0.2, 0.25) is 0 Å². The van der Waals surface area contributed by atoms with Crippen LogP contribution in [0.3, 0.4) is 0 Å². The van der Waals surface area contributed by atoms with Crippen molar-refractivity contribution >= 4 is 6.21 Å². The van der Waals surface area contributed by atoms with Gasteiger partial charge in [-0.2, -0.15) is 5.10 Å². The molecule has 1 aromatic rings. The highest BCUT2D eigenvalue weighted by Gasteiger charge is 1.98. The minimum absolute atomic E-state index is 0.423. The predicted octanol–water partition coefficient (Wildman–Crippen LogP) is -1.03. The lowest BCUT2D eigenvalue weighted by Crippen LogP contribution is -2.30. The van der Waals surface area contributed by atoms with Crippen LogP contribution in [0, 0.1) is 0 Å². The van der Waals surface area contributed by atoms with E-state index in [0.29, 0.717) is 5.69 Å². The lowest BCUT2D eigenvalue weighted by molar-refractivity contribution is 0.440. The molecule has 0 aliphatic rings. The SMILES string of the molecule is CN(C)N=Cc1cc(=O)[nH]c(=O)n1C. The highest BCUT2D eigenvalue weighted by Crippen LogP contribution is 1.85. The molecule has 0 aliphatic carbocycles. The lowest BCUT2D eigenvalue weighted by Gasteiger charge is -2.04. The van der Waals surface area contributed by atoms with E-state index in [1.54, 1.807) is 26.2 Å². The van der Waals surface area contributed by atoms with E-state index in [2.05, 4.69) is 10.1 Å². The molecule has 1 heterocycles. The third-order valence-electron chi connectivity index (χ3n) is 1.62. The number of hydrazone groups is 1. The Kier molecular flexibility index (Phi) is 2.85. The minimum Gasteiger partial charge on any atom is -0.303 e. The van der Waals surface area contributed by atoms with Crippen molar-refractivity contribution in [1.29, 1.82) is 0 Å². The van der Waals surface area contributed by atoms with Gasteiger partial charge in [-0.05, 0) is 0 Å². The van der Waals surface area contributed by atoms with Crippen molar-refractivity contribution < 1.29 is 0 Å². The summed E-state index contributed by atoms with van der Waals surface area (Å²) >= 11 is 0. The number of nitrogens with zero attached hydrogens (tertiary/aromatic N) is 3. The van der Waals surface area contributed by atoms with E-state index < -0.39 is 11.2 Å². The van der Waals surface area contributed by atoms with Crippen molar-refractivity contribution in [2.24, 2.45) is 12.1 Å². The molecule has 1 rings (SSSR count). The van der Waals surface area contributed by atoms with Gasteiger partial charge < -0.3 is 5.01 Å². The van der Waals surface area contributed by atoms with Crippen LogP contribution in [-0.2, 0) is 7.05 Å². The number of aromatic amines is 1. The Morgan fingerprint density at radius 1 is 1.50 bits per heavy atom. The number of rotatable bonds is 2.